The topological polar surface area (TPSA) is 63.8 Å². The first-order chi connectivity index (χ1) is 15.4. The molecule has 0 spiro atoms. The molecule has 3 atom stereocenters. The molecule has 0 radical (unpaired) electrons. The molecule has 3 rings (SSSR count). The number of nitrogens with two attached hydrogens (primary N) is 1. The Morgan fingerprint density at radius 3 is 2.50 bits per heavy atom. The lowest BCUT2D eigenvalue weighted by Gasteiger charge is -2.09. The second-order valence-electron chi connectivity index (χ2n) is 7.60. The molecule has 0 aliphatic carbocycles. The van der Waals surface area contributed by atoms with Crippen LogP contribution in [0.3, 0.4) is 0 Å². The monoisotopic (exact) mass is 484 g/mol. The fraction of sp³-hybridized carbons (Fsp3) is 0.240. The van der Waals surface area contributed by atoms with Gasteiger partial charge in [-0.3, -0.25) is 4.98 Å². The Kier molecular flexibility index (Phi) is 9.09. The van der Waals surface area contributed by atoms with Gasteiger partial charge in [0, 0.05) is 34.1 Å². The normalized spacial score (nSPS) is 14.6. The van der Waals surface area contributed by atoms with Crippen LogP contribution in [-0.2, 0) is 12.2 Å². The van der Waals surface area contributed by atoms with Gasteiger partial charge in [0.05, 0.1) is 4.88 Å². The molecule has 0 aliphatic rings. The molecule has 3 aromatic rings. The number of hydrogen-bond donors (Lipinski definition) is 2. The van der Waals surface area contributed by atoms with Crippen LogP contribution in [0, 0.1) is 5.92 Å². The molecule has 2 heterocycles. The fourth-order valence-corrected chi connectivity index (χ4v) is 5.42. The minimum Gasteiger partial charge on any atom is -0.383 e. The Labute approximate surface area is 202 Å². The van der Waals surface area contributed by atoms with Crippen molar-refractivity contribution >= 4 is 55.9 Å². The van der Waals surface area contributed by atoms with Crippen molar-refractivity contribution in [1.82, 2.24) is 9.97 Å². The third-order valence-corrected chi connectivity index (χ3v) is 7.47. The smallest absolute Gasteiger partial charge is 0.189 e. The average Bonchev–Trinajstić information content (AvgIpc) is 3.10. The molecular weight excluding hydrogens is 456 g/mol. The van der Waals surface area contributed by atoms with E-state index in [0.29, 0.717) is 11.7 Å². The van der Waals surface area contributed by atoms with Crippen molar-refractivity contribution in [2.75, 3.05) is 11.1 Å². The summed E-state index contributed by atoms with van der Waals surface area (Å²) < 4.78 is 0. The van der Waals surface area contributed by atoms with Crippen LogP contribution in [0.1, 0.15) is 24.3 Å². The predicted octanol–water partition coefficient (Wildman–Crippen LogP) is 7.04. The first-order valence-electron chi connectivity index (χ1n) is 10.4. The van der Waals surface area contributed by atoms with Crippen molar-refractivity contribution in [3.8, 4) is 0 Å². The number of halogens is 1. The van der Waals surface area contributed by atoms with Gasteiger partial charge in [0.2, 0.25) is 0 Å². The van der Waals surface area contributed by atoms with Gasteiger partial charge in [-0.15, -0.1) is 11.6 Å². The first-order valence-corrected chi connectivity index (χ1v) is 13.2. The Morgan fingerprint density at radius 1 is 1.12 bits per heavy atom. The number of nitrogens with one attached hydrogen (secondary N) is 1. The third kappa shape index (κ3) is 7.62. The molecular formula is C25H29ClN4S2. The van der Waals surface area contributed by atoms with Gasteiger partial charge >= 0.3 is 0 Å². The number of thiazole rings is 1. The quantitative estimate of drug-likeness (QED) is 0.184. The summed E-state index contributed by atoms with van der Waals surface area (Å²) in [6.07, 6.45) is 12.6. The van der Waals surface area contributed by atoms with E-state index in [-0.39, 0.29) is 15.9 Å². The van der Waals surface area contributed by atoms with Gasteiger partial charge in [0.25, 0.3) is 0 Å². The van der Waals surface area contributed by atoms with E-state index >= 15 is 0 Å². The van der Waals surface area contributed by atoms with Crippen molar-refractivity contribution in [3.05, 3.63) is 83.5 Å². The molecule has 0 bridgehead atoms. The minimum absolute atomic E-state index is 0.0381. The predicted molar refractivity (Wildman–Crippen MR) is 144 cm³/mol. The summed E-state index contributed by atoms with van der Waals surface area (Å²) in [4.78, 5) is 10.9. The second kappa shape index (κ2) is 12.0. The van der Waals surface area contributed by atoms with E-state index in [9.17, 15) is 0 Å². The maximum atomic E-state index is 6.17. The third-order valence-electron chi connectivity index (χ3n) is 4.69. The van der Waals surface area contributed by atoms with Crippen LogP contribution in [0.25, 0.3) is 0 Å². The zero-order valence-corrected chi connectivity index (χ0v) is 20.8. The highest BCUT2D eigenvalue weighted by Gasteiger charge is 2.11. The molecule has 0 aliphatic heterocycles. The SMILES string of the molecule is C=S(Cc1ccncc1)c1ccc(Nc2nc(N)c(CC(C)/C=C\C=C/C(C)Cl)s2)cc1. The van der Waals surface area contributed by atoms with Crippen LogP contribution in [0.15, 0.2) is 78.0 Å². The van der Waals surface area contributed by atoms with Gasteiger partial charge in [0.1, 0.15) is 5.82 Å². The van der Waals surface area contributed by atoms with E-state index in [0.717, 1.165) is 27.9 Å². The lowest BCUT2D eigenvalue weighted by Crippen LogP contribution is -1.97. The zero-order chi connectivity index (χ0) is 22.9. The van der Waals surface area contributed by atoms with Gasteiger partial charge in [-0.25, -0.2) is 4.98 Å². The van der Waals surface area contributed by atoms with E-state index in [1.807, 2.05) is 49.7 Å². The standard InChI is InChI=1S/C25H29ClN4S2/c1-18(6-4-5-7-19(2)26)16-23-24(27)30-25(31-23)29-21-8-10-22(11-9-21)32(3)17-20-12-14-28-15-13-20/h4-15,18-19H,3,16-17,27H2,1-2H3,(H,29,30)/b6-4-,7-5-. The number of aromatic nitrogens is 2. The highest BCUT2D eigenvalue weighted by atomic mass is 35.5. The second-order valence-corrected chi connectivity index (χ2v) is 11.1. The number of benzene rings is 1. The van der Waals surface area contributed by atoms with Crippen molar-refractivity contribution in [3.63, 3.8) is 0 Å². The van der Waals surface area contributed by atoms with E-state index in [1.165, 1.54) is 10.5 Å². The summed E-state index contributed by atoms with van der Waals surface area (Å²) in [7, 11) is -0.109. The van der Waals surface area contributed by atoms with Gasteiger partial charge in [-0.1, -0.05) is 48.4 Å². The van der Waals surface area contributed by atoms with Crippen molar-refractivity contribution in [1.29, 1.82) is 0 Å². The lowest BCUT2D eigenvalue weighted by atomic mass is 10.1. The molecule has 0 amide bonds. The lowest BCUT2D eigenvalue weighted by molar-refractivity contribution is 0.733. The summed E-state index contributed by atoms with van der Waals surface area (Å²) >= 11 is 7.52. The van der Waals surface area contributed by atoms with E-state index < -0.39 is 0 Å². The molecule has 4 nitrogen and oxygen atoms in total. The fourth-order valence-electron chi connectivity index (χ4n) is 3.01. The number of pyridine rings is 1. The molecule has 3 N–H and O–H groups in total. The van der Waals surface area contributed by atoms with Crippen LogP contribution in [0.5, 0.6) is 0 Å². The maximum Gasteiger partial charge on any atom is 0.189 e. The average molecular weight is 485 g/mol. The van der Waals surface area contributed by atoms with Crippen molar-refractivity contribution < 1.29 is 0 Å². The van der Waals surface area contributed by atoms with Crippen LogP contribution < -0.4 is 11.1 Å². The minimum atomic E-state index is -0.109. The Morgan fingerprint density at radius 2 is 1.81 bits per heavy atom. The molecule has 168 valence electrons. The first kappa shape index (κ1) is 24.2. The van der Waals surface area contributed by atoms with E-state index in [4.69, 9.17) is 17.3 Å². The summed E-state index contributed by atoms with van der Waals surface area (Å²) in [6, 6.07) is 12.5. The molecule has 2 aromatic heterocycles. The molecule has 0 saturated carbocycles. The summed E-state index contributed by atoms with van der Waals surface area (Å²) in [5.74, 6) is 6.20. The zero-order valence-electron chi connectivity index (χ0n) is 18.4. The van der Waals surface area contributed by atoms with E-state index in [1.54, 1.807) is 11.3 Å². The van der Waals surface area contributed by atoms with Gasteiger partial charge in [-0.2, -0.15) is 10.5 Å². The molecule has 0 saturated heterocycles. The number of rotatable bonds is 10. The number of nitrogens with zero attached hydrogens (tertiary/aromatic N) is 2. The number of allylic oxidation sites excluding steroid dienone is 4. The molecule has 7 heteroatoms. The van der Waals surface area contributed by atoms with Crippen LogP contribution in [-0.4, -0.2) is 21.2 Å². The number of hydrogen-bond acceptors (Lipinski definition) is 5. The Bertz CT molecular complexity index is 1070. The van der Waals surface area contributed by atoms with Gasteiger partial charge < -0.3 is 11.1 Å². The Balaban J connectivity index is 1.57. The van der Waals surface area contributed by atoms with Crippen LogP contribution in [0.2, 0.25) is 0 Å². The van der Waals surface area contributed by atoms with Crippen LogP contribution in [0.4, 0.5) is 16.6 Å². The van der Waals surface area contributed by atoms with E-state index in [2.05, 4.69) is 58.4 Å². The number of alkyl halides is 1. The number of anilines is 3. The summed E-state index contributed by atoms with van der Waals surface area (Å²) in [5, 5.41) is 4.22. The Hall–Kier alpha value is -2.41. The maximum absolute atomic E-state index is 6.17. The highest BCUT2D eigenvalue weighted by Crippen LogP contribution is 2.32. The van der Waals surface area contributed by atoms with Gasteiger partial charge in [0.15, 0.2) is 5.13 Å². The van der Waals surface area contributed by atoms with Crippen molar-refractivity contribution in [2.45, 2.75) is 36.3 Å². The molecule has 1 aromatic carbocycles. The van der Waals surface area contributed by atoms with Gasteiger partial charge in [-0.05, 0) is 61.2 Å². The largest absolute Gasteiger partial charge is 0.383 e. The number of nitrogen functional groups attached to an aromatic ring is 1. The molecule has 32 heavy (non-hydrogen) atoms. The highest BCUT2D eigenvalue weighted by molar-refractivity contribution is 8.13. The summed E-state index contributed by atoms with van der Waals surface area (Å²) in [6.45, 7) is 4.11. The van der Waals surface area contributed by atoms with Crippen molar-refractivity contribution in [2.24, 2.45) is 5.92 Å². The summed E-state index contributed by atoms with van der Waals surface area (Å²) in [5.41, 5.74) is 8.41. The molecule has 0 fully saturated rings. The van der Waals surface area contributed by atoms with Crippen LogP contribution >= 0.6 is 33.4 Å². The molecule has 3 unspecified atom stereocenters.